The Morgan fingerprint density at radius 2 is 2.00 bits per heavy atom. The molecule has 0 saturated heterocycles. The molecule has 1 heterocycles. The van der Waals surface area contributed by atoms with Crippen LogP contribution < -0.4 is 0 Å². The van der Waals surface area contributed by atoms with Gasteiger partial charge in [0.2, 0.25) is 0 Å². The minimum absolute atomic E-state index is 0.439. The van der Waals surface area contributed by atoms with Gasteiger partial charge in [0, 0.05) is 12.7 Å². The molecule has 2 rings (SSSR count). The van der Waals surface area contributed by atoms with E-state index in [9.17, 15) is 0 Å². The summed E-state index contributed by atoms with van der Waals surface area (Å²) in [6.07, 6.45) is 0.794. The highest BCUT2D eigenvalue weighted by molar-refractivity contribution is 9.10. The maximum absolute atomic E-state index is 6.15. The van der Waals surface area contributed by atoms with Gasteiger partial charge in [-0.15, -0.1) is 0 Å². The van der Waals surface area contributed by atoms with E-state index in [1.807, 2.05) is 31.2 Å². The summed E-state index contributed by atoms with van der Waals surface area (Å²) in [6, 6.07) is 7.91. The SMILES string of the molecule is CCc1nc(-c2ccccc2COC)nc(Cl)c1Br. The molecule has 0 aliphatic heterocycles. The van der Waals surface area contributed by atoms with E-state index in [0.29, 0.717) is 17.6 Å². The largest absolute Gasteiger partial charge is 0.380 e. The lowest BCUT2D eigenvalue weighted by atomic mass is 10.1. The Balaban J connectivity index is 2.56. The van der Waals surface area contributed by atoms with Crippen molar-refractivity contribution < 1.29 is 4.74 Å². The third-order valence-corrected chi connectivity index (χ3v) is 4.11. The van der Waals surface area contributed by atoms with Crippen LogP contribution in [0, 0.1) is 0 Å². The Bertz CT molecular complexity index is 590. The molecule has 1 aromatic carbocycles. The van der Waals surface area contributed by atoms with Gasteiger partial charge in [-0.25, -0.2) is 9.97 Å². The smallest absolute Gasteiger partial charge is 0.161 e. The van der Waals surface area contributed by atoms with Crippen LogP contribution in [0.2, 0.25) is 5.15 Å². The lowest BCUT2D eigenvalue weighted by Crippen LogP contribution is -2.00. The molecule has 0 fully saturated rings. The Morgan fingerprint density at radius 3 is 2.68 bits per heavy atom. The minimum Gasteiger partial charge on any atom is -0.380 e. The lowest BCUT2D eigenvalue weighted by Gasteiger charge is -2.10. The Morgan fingerprint density at radius 1 is 1.26 bits per heavy atom. The second-order valence-corrected chi connectivity index (χ2v) is 5.19. The second-order valence-electron chi connectivity index (χ2n) is 4.04. The number of benzene rings is 1. The number of ether oxygens (including phenoxy) is 1. The average Bonchev–Trinajstić information content (AvgIpc) is 2.43. The van der Waals surface area contributed by atoms with Crippen molar-refractivity contribution in [3.8, 4) is 11.4 Å². The van der Waals surface area contributed by atoms with Crippen LogP contribution in [0.15, 0.2) is 28.7 Å². The van der Waals surface area contributed by atoms with Crippen molar-refractivity contribution in [1.82, 2.24) is 9.97 Å². The van der Waals surface area contributed by atoms with Crippen molar-refractivity contribution in [3.63, 3.8) is 0 Å². The zero-order chi connectivity index (χ0) is 13.8. The van der Waals surface area contributed by atoms with Crippen LogP contribution in [0.5, 0.6) is 0 Å². The van der Waals surface area contributed by atoms with E-state index >= 15 is 0 Å². The summed E-state index contributed by atoms with van der Waals surface area (Å²) in [4.78, 5) is 8.91. The molecule has 19 heavy (non-hydrogen) atoms. The average molecular weight is 342 g/mol. The number of aryl methyl sites for hydroxylation is 1. The third-order valence-electron chi connectivity index (χ3n) is 2.77. The zero-order valence-electron chi connectivity index (χ0n) is 10.8. The molecular weight excluding hydrogens is 328 g/mol. The summed E-state index contributed by atoms with van der Waals surface area (Å²) in [6.45, 7) is 2.56. The summed E-state index contributed by atoms with van der Waals surface area (Å²) in [7, 11) is 1.67. The van der Waals surface area contributed by atoms with Crippen LogP contribution in [-0.4, -0.2) is 17.1 Å². The van der Waals surface area contributed by atoms with Crippen LogP contribution in [0.25, 0.3) is 11.4 Å². The van der Waals surface area contributed by atoms with Crippen LogP contribution in [0.3, 0.4) is 0 Å². The van der Waals surface area contributed by atoms with Gasteiger partial charge in [-0.3, -0.25) is 0 Å². The molecule has 0 aliphatic rings. The maximum atomic E-state index is 6.15. The predicted octanol–water partition coefficient (Wildman–Crippen LogP) is 4.27. The van der Waals surface area contributed by atoms with Gasteiger partial charge in [0.15, 0.2) is 5.82 Å². The van der Waals surface area contributed by atoms with Crippen LogP contribution >= 0.6 is 27.5 Å². The first kappa shape index (κ1) is 14.4. The summed E-state index contributed by atoms with van der Waals surface area (Å²) >= 11 is 9.56. The number of nitrogens with zero attached hydrogens (tertiary/aromatic N) is 2. The number of hydrogen-bond donors (Lipinski definition) is 0. The lowest BCUT2D eigenvalue weighted by molar-refractivity contribution is 0.185. The van der Waals surface area contributed by atoms with Crippen molar-refractivity contribution >= 4 is 27.5 Å². The van der Waals surface area contributed by atoms with Crippen molar-refractivity contribution in [2.45, 2.75) is 20.0 Å². The van der Waals surface area contributed by atoms with Gasteiger partial charge in [0.1, 0.15) is 5.15 Å². The summed E-state index contributed by atoms with van der Waals surface area (Å²) in [5, 5.41) is 0.439. The van der Waals surface area contributed by atoms with E-state index in [1.54, 1.807) is 7.11 Å². The number of rotatable bonds is 4. The molecule has 5 heteroatoms. The first-order chi connectivity index (χ1) is 9.17. The molecule has 2 aromatic rings. The van der Waals surface area contributed by atoms with Crippen LogP contribution in [0.1, 0.15) is 18.2 Å². The van der Waals surface area contributed by atoms with E-state index in [4.69, 9.17) is 16.3 Å². The minimum atomic E-state index is 0.439. The van der Waals surface area contributed by atoms with Gasteiger partial charge in [0.05, 0.1) is 16.8 Å². The Hall–Kier alpha value is -0.970. The molecule has 0 saturated carbocycles. The molecule has 0 radical (unpaired) electrons. The van der Waals surface area contributed by atoms with E-state index in [1.165, 1.54) is 0 Å². The molecule has 0 bridgehead atoms. The molecule has 3 nitrogen and oxygen atoms in total. The zero-order valence-corrected chi connectivity index (χ0v) is 13.1. The molecule has 0 spiro atoms. The topological polar surface area (TPSA) is 35.0 Å². The monoisotopic (exact) mass is 340 g/mol. The fourth-order valence-corrected chi connectivity index (χ4v) is 2.48. The number of hydrogen-bond acceptors (Lipinski definition) is 3. The van der Waals surface area contributed by atoms with Gasteiger partial charge in [-0.2, -0.15) is 0 Å². The van der Waals surface area contributed by atoms with E-state index in [0.717, 1.165) is 27.7 Å². The second kappa shape index (κ2) is 6.46. The van der Waals surface area contributed by atoms with Crippen molar-refractivity contribution in [2.24, 2.45) is 0 Å². The Kier molecular flexibility index (Phi) is 4.91. The molecule has 1 aromatic heterocycles. The molecule has 0 N–H and O–H groups in total. The highest BCUT2D eigenvalue weighted by Crippen LogP contribution is 2.28. The summed E-state index contributed by atoms with van der Waals surface area (Å²) < 4.78 is 5.97. The maximum Gasteiger partial charge on any atom is 0.161 e. The van der Waals surface area contributed by atoms with Crippen LogP contribution in [-0.2, 0) is 17.8 Å². The highest BCUT2D eigenvalue weighted by Gasteiger charge is 2.13. The Labute approximate surface area is 126 Å². The van der Waals surface area contributed by atoms with E-state index in [2.05, 4.69) is 25.9 Å². The fraction of sp³-hybridized carbons (Fsp3) is 0.286. The quantitative estimate of drug-likeness (QED) is 0.779. The van der Waals surface area contributed by atoms with Gasteiger partial charge < -0.3 is 4.74 Å². The van der Waals surface area contributed by atoms with Gasteiger partial charge in [-0.05, 0) is 27.9 Å². The van der Waals surface area contributed by atoms with Crippen molar-refractivity contribution in [3.05, 3.63) is 45.1 Å². The fourth-order valence-electron chi connectivity index (χ4n) is 1.84. The predicted molar refractivity (Wildman–Crippen MR) is 80.3 cm³/mol. The molecule has 0 aliphatic carbocycles. The molecular formula is C14H14BrClN2O. The standard InChI is InChI=1S/C14H14BrClN2O/c1-3-11-12(15)13(16)18-14(17-11)10-7-5-4-6-9(10)8-19-2/h4-7H,3,8H2,1-2H3. The van der Waals surface area contributed by atoms with Gasteiger partial charge in [0.25, 0.3) is 0 Å². The molecule has 0 atom stereocenters. The van der Waals surface area contributed by atoms with Gasteiger partial charge in [-0.1, -0.05) is 42.8 Å². The highest BCUT2D eigenvalue weighted by atomic mass is 79.9. The van der Waals surface area contributed by atoms with Crippen molar-refractivity contribution in [1.29, 1.82) is 0 Å². The number of halogens is 2. The number of methoxy groups -OCH3 is 1. The van der Waals surface area contributed by atoms with Crippen LogP contribution in [0.4, 0.5) is 0 Å². The summed E-state index contributed by atoms with van der Waals surface area (Å²) in [5.41, 5.74) is 2.90. The molecule has 0 amide bonds. The van der Waals surface area contributed by atoms with E-state index in [-0.39, 0.29) is 0 Å². The number of aromatic nitrogens is 2. The first-order valence-electron chi connectivity index (χ1n) is 5.96. The summed E-state index contributed by atoms with van der Waals surface area (Å²) in [5.74, 6) is 0.637. The normalized spacial score (nSPS) is 10.7. The first-order valence-corrected chi connectivity index (χ1v) is 7.13. The molecule has 100 valence electrons. The third kappa shape index (κ3) is 3.14. The van der Waals surface area contributed by atoms with Gasteiger partial charge >= 0.3 is 0 Å². The van der Waals surface area contributed by atoms with E-state index < -0.39 is 0 Å². The molecule has 0 unspecified atom stereocenters. The van der Waals surface area contributed by atoms with Crippen molar-refractivity contribution in [2.75, 3.05) is 7.11 Å².